The highest BCUT2D eigenvalue weighted by molar-refractivity contribution is 14.0. The molecule has 0 spiro atoms. The Hall–Kier alpha value is -1.85. The molecule has 2 aromatic rings. The fraction of sp³-hybridized carbons (Fsp3) is 0.435. The number of rotatable bonds is 8. The molecular weight excluding hydrogens is 539 g/mol. The predicted octanol–water partition coefficient (Wildman–Crippen LogP) is 3.58. The van der Waals surface area contributed by atoms with Gasteiger partial charge in [0.25, 0.3) is 0 Å². The van der Waals surface area contributed by atoms with Gasteiger partial charge in [0, 0.05) is 25.1 Å². The molecule has 9 heteroatoms. The van der Waals surface area contributed by atoms with Crippen molar-refractivity contribution in [1.82, 2.24) is 15.4 Å². The molecule has 32 heavy (non-hydrogen) atoms. The normalized spacial score (nSPS) is 17.5. The number of sulfonamides is 1. The second kappa shape index (κ2) is 11.9. The van der Waals surface area contributed by atoms with Gasteiger partial charge in [-0.25, -0.2) is 13.1 Å². The minimum absolute atomic E-state index is 0. The SMILES string of the molecule is CCNC(=NCCS(=O)(=O)NCc1ccccc1)NC1CC(C)(C)Oc2ccccc21.I. The number of hydrogen-bond acceptors (Lipinski definition) is 4. The lowest BCUT2D eigenvalue weighted by molar-refractivity contribution is 0.0694. The van der Waals surface area contributed by atoms with E-state index in [1.165, 1.54) is 0 Å². The van der Waals surface area contributed by atoms with Gasteiger partial charge >= 0.3 is 0 Å². The van der Waals surface area contributed by atoms with Gasteiger partial charge in [-0.1, -0.05) is 48.5 Å². The number of halogens is 1. The van der Waals surface area contributed by atoms with Crippen LogP contribution >= 0.6 is 24.0 Å². The summed E-state index contributed by atoms with van der Waals surface area (Å²) in [5, 5.41) is 6.67. The molecule has 3 N–H and O–H groups in total. The van der Waals surface area contributed by atoms with Crippen LogP contribution in [0.15, 0.2) is 59.6 Å². The standard InChI is InChI=1S/C23H32N4O3S.HI/c1-4-24-22(25-14-15-31(28,29)26-17-18-10-6-5-7-11-18)27-20-16-23(2,3)30-21-13-9-8-12-19(20)21;/h5-13,20,26H,4,14-17H2,1-3H3,(H2,24,25,27);1H. The molecule has 2 aromatic carbocycles. The Bertz CT molecular complexity index is 997. The minimum Gasteiger partial charge on any atom is -0.487 e. The van der Waals surface area contributed by atoms with E-state index in [2.05, 4.69) is 34.2 Å². The summed E-state index contributed by atoms with van der Waals surface area (Å²) < 4.78 is 33.4. The van der Waals surface area contributed by atoms with Crippen LogP contribution in [0, 0.1) is 0 Å². The highest BCUT2D eigenvalue weighted by atomic mass is 127. The van der Waals surface area contributed by atoms with Crippen LogP contribution in [0.3, 0.4) is 0 Å². The maximum absolute atomic E-state index is 12.3. The first-order valence-corrected chi connectivity index (χ1v) is 12.3. The Kier molecular flexibility index (Phi) is 9.78. The van der Waals surface area contributed by atoms with Gasteiger partial charge in [-0.05, 0) is 32.4 Å². The van der Waals surface area contributed by atoms with Crippen LogP contribution in [0.25, 0.3) is 0 Å². The number of nitrogens with zero attached hydrogens (tertiary/aromatic N) is 1. The molecule has 0 bridgehead atoms. The van der Waals surface area contributed by atoms with Gasteiger partial charge in [-0.15, -0.1) is 24.0 Å². The van der Waals surface area contributed by atoms with E-state index in [4.69, 9.17) is 4.74 Å². The molecule has 0 saturated carbocycles. The van der Waals surface area contributed by atoms with Crippen molar-refractivity contribution >= 4 is 40.0 Å². The minimum atomic E-state index is -3.42. The average molecular weight is 573 g/mol. The van der Waals surface area contributed by atoms with Crippen molar-refractivity contribution in [1.29, 1.82) is 0 Å². The molecule has 1 unspecified atom stereocenters. The summed E-state index contributed by atoms with van der Waals surface area (Å²) in [6.45, 7) is 7.22. The zero-order chi connectivity index (χ0) is 22.3. The number of fused-ring (bicyclic) bond motifs is 1. The summed E-state index contributed by atoms with van der Waals surface area (Å²) in [7, 11) is -3.42. The van der Waals surface area contributed by atoms with Gasteiger partial charge in [0.2, 0.25) is 10.0 Å². The molecule has 0 radical (unpaired) electrons. The van der Waals surface area contributed by atoms with Crippen LogP contribution in [-0.2, 0) is 16.6 Å². The number of guanidine groups is 1. The zero-order valence-corrected chi connectivity index (χ0v) is 21.9. The first kappa shape index (κ1) is 26.4. The van der Waals surface area contributed by atoms with E-state index in [0.29, 0.717) is 12.5 Å². The second-order valence-corrected chi connectivity index (χ2v) is 10.1. The molecule has 0 aliphatic carbocycles. The summed E-state index contributed by atoms with van der Waals surface area (Å²) in [4.78, 5) is 4.50. The highest BCUT2D eigenvalue weighted by Crippen LogP contribution is 2.39. The maximum Gasteiger partial charge on any atom is 0.213 e. The molecule has 3 rings (SSSR count). The van der Waals surface area contributed by atoms with Crippen LogP contribution in [0.2, 0.25) is 0 Å². The number of nitrogens with one attached hydrogen (secondary N) is 3. The van der Waals surface area contributed by atoms with Gasteiger partial charge in [0.15, 0.2) is 5.96 Å². The summed E-state index contributed by atoms with van der Waals surface area (Å²) in [5.41, 5.74) is 1.68. The Labute approximate surface area is 208 Å². The lowest BCUT2D eigenvalue weighted by Crippen LogP contribution is -2.45. The number of ether oxygens (including phenoxy) is 1. The summed E-state index contributed by atoms with van der Waals surface area (Å²) in [6, 6.07) is 17.4. The van der Waals surface area contributed by atoms with Gasteiger partial charge in [0.05, 0.1) is 18.3 Å². The molecule has 0 fully saturated rings. The molecule has 7 nitrogen and oxygen atoms in total. The fourth-order valence-corrected chi connectivity index (χ4v) is 4.42. The third kappa shape index (κ3) is 7.93. The van der Waals surface area contributed by atoms with E-state index in [1.54, 1.807) is 0 Å². The third-order valence-electron chi connectivity index (χ3n) is 5.00. The summed E-state index contributed by atoms with van der Waals surface area (Å²) in [6.07, 6.45) is 0.769. The largest absolute Gasteiger partial charge is 0.487 e. The van der Waals surface area contributed by atoms with E-state index in [-0.39, 0.29) is 54.5 Å². The molecule has 0 saturated heterocycles. The van der Waals surface area contributed by atoms with Crippen LogP contribution in [0.5, 0.6) is 5.75 Å². The van der Waals surface area contributed by atoms with Gasteiger partial charge in [0.1, 0.15) is 11.4 Å². The first-order chi connectivity index (χ1) is 14.8. The zero-order valence-electron chi connectivity index (χ0n) is 18.8. The average Bonchev–Trinajstić information content (AvgIpc) is 2.72. The topological polar surface area (TPSA) is 91.8 Å². The smallest absolute Gasteiger partial charge is 0.213 e. The van der Waals surface area contributed by atoms with E-state index >= 15 is 0 Å². The Balaban J connectivity index is 0.00000363. The molecule has 1 heterocycles. The molecule has 1 aliphatic rings. The first-order valence-electron chi connectivity index (χ1n) is 10.6. The van der Waals surface area contributed by atoms with Crippen molar-refractivity contribution in [2.24, 2.45) is 4.99 Å². The van der Waals surface area contributed by atoms with Crippen molar-refractivity contribution in [2.75, 3.05) is 18.8 Å². The second-order valence-electron chi connectivity index (χ2n) is 8.19. The van der Waals surface area contributed by atoms with Crippen molar-refractivity contribution in [3.05, 3.63) is 65.7 Å². The highest BCUT2D eigenvalue weighted by Gasteiger charge is 2.33. The van der Waals surface area contributed by atoms with Gasteiger partial charge in [-0.3, -0.25) is 4.99 Å². The molecule has 1 aliphatic heterocycles. The molecule has 0 aromatic heterocycles. The Morgan fingerprint density at radius 2 is 1.81 bits per heavy atom. The van der Waals surface area contributed by atoms with Gasteiger partial charge < -0.3 is 15.4 Å². The van der Waals surface area contributed by atoms with Crippen LogP contribution in [0.1, 0.15) is 44.4 Å². The van der Waals surface area contributed by atoms with Gasteiger partial charge in [-0.2, -0.15) is 0 Å². The van der Waals surface area contributed by atoms with E-state index in [0.717, 1.165) is 23.3 Å². The molecule has 1 atom stereocenters. The number of benzene rings is 2. The monoisotopic (exact) mass is 572 g/mol. The van der Waals surface area contributed by atoms with Crippen LogP contribution in [0.4, 0.5) is 0 Å². The number of hydrogen-bond donors (Lipinski definition) is 3. The summed E-state index contributed by atoms with van der Waals surface area (Å²) in [5.74, 6) is 1.38. The fourth-order valence-electron chi connectivity index (χ4n) is 3.56. The Morgan fingerprint density at radius 3 is 2.53 bits per heavy atom. The number of aliphatic imine (C=N–C) groups is 1. The lowest BCUT2D eigenvalue weighted by atomic mass is 9.90. The van der Waals surface area contributed by atoms with Crippen molar-refractivity contribution < 1.29 is 13.2 Å². The van der Waals surface area contributed by atoms with Crippen LogP contribution in [-0.4, -0.2) is 38.8 Å². The van der Waals surface area contributed by atoms with E-state index < -0.39 is 10.0 Å². The molecule has 176 valence electrons. The predicted molar refractivity (Wildman–Crippen MR) is 140 cm³/mol. The van der Waals surface area contributed by atoms with E-state index in [9.17, 15) is 8.42 Å². The maximum atomic E-state index is 12.3. The van der Waals surface area contributed by atoms with Crippen molar-refractivity contribution in [3.63, 3.8) is 0 Å². The molecule has 0 amide bonds. The lowest BCUT2D eigenvalue weighted by Gasteiger charge is -2.38. The van der Waals surface area contributed by atoms with Crippen molar-refractivity contribution in [3.8, 4) is 5.75 Å². The third-order valence-corrected chi connectivity index (χ3v) is 6.30. The Morgan fingerprint density at radius 1 is 1.12 bits per heavy atom. The van der Waals surface area contributed by atoms with E-state index in [1.807, 2.05) is 61.5 Å². The number of para-hydroxylation sites is 1. The quantitative estimate of drug-likeness (QED) is 0.256. The molecular formula is C23H33IN4O3S. The van der Waals surface area contributed by atoms with Crippen LogP contribution < -0.4 is 20.1 Å². The summed E-state index contributed by atoms with van der Waals surface area (Å²) >= 11 is 0. The van der Waals surface area contributed by atoms with Crippen molar-refractivity contribution in [2.45, 2.75) is 45.4 Å².